The van der Waals surface area contributed by atoms with Gasteiger partial charge in [0.05, 0.1) is 12.3 Å². The minimum Gasteiger partial charge on any atom is -0.331 e. The number of benzene rings is 1. The third-order valence-corrected chi connectivity index (χ3v) is 6.57. The van der Waals surface area contributed by atoms with Gasteiger partial charge >= 0.3 is 0 Å². The molecule has 0 saturated carbocycles. The first-order valence-electron chi connectivity index (χ1n) is 8.75. The van der Waals surface area contributed by atoms with E-state index < -0.39 is 16.1 Å². The first-order valence-corrected chi connectivity index (χ1v) is 10.4. The van der Waals surface area contributed by atoms with Crippen LogP contribution in [0.5, 0.6) is 0 Å². The molecule has 1 aromatic rings. The van der Waals surface area contributed by atoms with E-state index in [2.05, 4.69) is 0 Å². The summed E-state index contributed by atoms with van der Waals surface area (Å²) in [4.78, 5) is 28.1. The summed E-state index contributed by atoms with van der Waals surface area (Å²) in [5.74, 6) is -0.258. The van der Waals surface area contributed by atoms with Crippen molar-refractivity contribution in [2.24, 2.45) is 0 Å². The van der Waals surface area contributed by atoms with Crippen LogP contribution in [0, 0.1) is 0 Å². The molecular formula is C18H27N3O4S. The Morgan fingerprint density at radius 1 is 1.12 bits per heavy atom. The van der Waals surface area contributed by atoms with Crippen molar-refractivity contribution in [1.29, 1.82) is 0 Å². The highest BCUT2D eigenvalue weighted by Crippen LogP contribution is 2.14. The highest BCUT2D eigenvalue weighted by atomic mass is 32.2. The maximum absolute atomic E-state index is 12.6. The lowest BCUT2D eigenvalue weighted by Crippen LogP contribution is -2.59. The normalized spacial score (nSPS) is 18.7. The van der Waals surface area contributed by atoms with Crippen molar-refractivity contribution in [3.05, 3.63) is 35.9 Å². The Hall–Kier alpha value is -1.93. The molecule has 1 aromatic carbocycles. The second-order valence-electron chi connectivity index (χ2n) is 6.71. The molecular weight excluding hydrogens is 354 g/mol. The predicted molar refractivity (Wildman–Crippen MR) is 100.0 cm³/mol. The molecule has 0 N–H and O–H groups in total. The van der Waals surface area contributed by atoms with E-state index in [0.717, 1.165) is 5.56 Å². The van der Waals surface area contributed by atoms with Crippen LogP contribution >= 0.6 is 0 Å². The van der Waals surface area contributed by atoms with Crippen molar-refractivity contribution in [1.82, 2.24) is 14.1 Å². The van der Waals surface area contributed by atoms with E-state index in [4.69, 9.17) is 0 Å². The molecule has 2 rings (SSSR count). The number of piperazine rings is 1. The van der Waals surface area contributed by atoms with Gasteiger partial charge in [-0.05, 0) is 25.3 Å². The number of hydrogen-bond donors (Lipinski definition) is 0. The fourth-order valence-electron chi connectivity index (χ4n) is 2.96. The van der Waals surface area contributed by atoms with E-state index >= 15 is 0 Å². The van der Waals surface area contributed by atoms with Gasteiger partial charge in [0.1, 0.15) is 6.04 Å². The molecule has 0 bridgehead atoms. The van der Waals surface area contributed by atoms with E-state index in [-0.39, 0.29) is 30.7 Å². The van der Waals surface area contributed by atoms with Gasteiger partial charge in [-0.2, -0.15) is 0 Å². The maximum atomic E-state index is 12.6. The summed E-state index contributed by atoms with van der Waals surface area (Å²) in [6.07, 6.45) is 1.02. The maximum Gasteiger partial charge on any atom is 0.245 e. The summed E-state index contributed by atoms with van der Waals surface area (Å²) in [6.45, 7) is 2.53. The molecule has 7 nitrogen and oxygen atoms in total. The van der Waals surface area contributed by atoms with Gasteiger partial charge in [0.25, 0.3) is 0 Å². The van der Waals surface area contributed by atoms with Crippen LogP contribution < -0.4 is 0 Å². The van der Waals surface area contributed by atoms with Crippen LogP contribution in [0.2, 0.25) is 0 Å². The van der Waals surface area contributed by atoms with Crippen LogP contribution in [-0.2, 0) is 26.0 Å². The molecule has 2 amide bonds. The first-order chi connectivity index (χ1) is 12.2. The Labute approximate surface area is 155 Å². The summed E-state index contributed by atoms with van der Waals surface area (Å²) in [7, 11) is -0.329. The second kappa shape index (κ2) is 8.64. The van der Waals surface area contributed by atoms with Gasteiger partial charge in [-0.15, -0.1) is 0 Å². The first kappa shape index (κ1) is 20.4. The van der Waals surface area contributed by atoms with Crippen LogP contribution in [0.1, 0.15) is 18.9 Å². The summed E-state index contributed by atoms with van der Waals surface area (Å²) in [5.41, 5.74) is 1.12. The number of rotatable bonds is 8. The van der Waals surface area contributed by atoms with Crippen molar-refractivity contribution in [2.75, 3.05) is 39.5 Å². The highest BCUT2D eigenvalue weighted by molar-refractivity contribution is 7.89. The van der Waals surface area contributed by atoms with Crippen molar-refractivity contribution in [3.8, 4) is 0 Å². The number of hydrogen-bond acceptors (Lipinski definition) is 4. The van der Waals surface area contributed by atoms with E-state index in [1.54, 1.807) is 11.8 Å². The SMILES string of the molecule is C[C@@H]1C(=O)N(CCc2ccccc2)CC(=O)N1CCCS(=O)(=O)N(C)C. The van der Waals surface area contributed by atoms with Crippen LogP contribution in [0.4, 0.5) is 0 Å². The summed E-state index contributed by atoms with van der Waals surface area (Å²) < 4.78 is 24.8. The number of carbonyl (C=O) groups is 2. The Kier molecular flexibility index (Phi) is 6.77. The lowest BCUT2D eigenvalue weighted by atomic mass is 10.1. The van der Waals surface area contributed by atoms with Crippen LogP contribution in [0.15, 0.2) is 30.3 Å². The topological polar surface area (TPSA) is 78.0 Å². The van der Waals surface area contributed by atoms with Gasteiger partial charge in [0.2, 0.25) is 21.8 Å². The van der Waals surface area contributed by atoms with Crippen LogP contribution in [0.25, 0.3) is 0 Å². The average molecular weight is 381 g/mol. The minimum absolute atomic E-state index is 0.0393. The third kappa shape index (κ3) is 5.04. The van der Waals surface area contributed by atoms with Crippen molar-refractivity contribution >= 4 is 21.8 Å². The number of amides is 2. The zero-order valence-electron chi connectivity index (χ0n) is 15.6. The zero-order chi connectivity index (χ0) is 19.3. The molecule has 1 fully saturated rings. The lowest BCUT2D eigenvalue weighted by Gasteiger charge is -2.38. The summed E-state index contributed by atoms with van der Waals surface area (Å²) in [5, 5.41) is 0. The predicted octanol–water partition coefficient (Wildman–Crippen LogP) is 0.570. The Bertz CT molecular complexity index is 734. The fourth-order valence-corrected chi connectivity index (χ4v) is 3.82. The second-order valence-corrected chi connectivity index (χ2v) is 9.01. The standard InChI is InChI=1S/C18H27N3O4S/c1-15-18(23)20(12-10-16-8-5-4-6-9-16)14-17(22)21(15)11-7-13-26(24,25)19(2)3/h4-6,8-9,15H,7,10-14H2,1-3H3/t15-/m1/s1. The van der Waals surface area contributed by atoms with Crippen molar-refractivity contribution in [2.45, 2.75) is 25.8 Å². The van der Waals surface area contributed by atoms with Crippen molar-refractivity contribution < 1.29 is 18.0 Å². The van der Waals surface area contributed by atoms with Crippen LogP contribution in [-0.4, -0.2) is 79.9 Å². The van der Waals surface area contributed by atoms with Gasteiger partial charge in [0.15, 0.2) is 0 Å². The molecule has 1 heterocycles. The molecule has 0 spiro atoms. The number of sulfonamides is 1. The molecule has 1 atom stereocenters. The van der Waals surface area contributed by atoms with E-state index in [1.165, 1.54) is 23.3 Å². The lowest BCUT2D eigenvalue weighted by molar-refractivity contribution is -0.155. The van der Waals surface area contributed by atoms with Gasteiger partial charge in [-0.3, -0.25) is 9.59 Å². The minimum atomic E-state index is -3.30. The van der Waals surface area contributed by atoms with Crippen molar-refractivity contribution in [3.63, 3.8) is 0 Å². The smallest absolute Gasteiger partial charge is 0.245 e. The van der Waals surface area contributed by atoms with E-state index in [0.29, 0.717) is 19.4 Å². The zero-order valence-corrected chi connectivity index (χ0v) is 16.4. The Balaban J connectivity index is 1.90. The van der Waals surface area contributed by atoms with E-state index in [9.17, 15) is 18.0 Å². The van der Waals surface area contributed by atoms with E-state index in [1.807, 2.05) is 30.3 Å². The monoisotopic (exact) mass is 381 g/mol. The van der Waals surface area contributed by atoms with Gasteiger partial charge in [-0.25, -0.2) is 12.7 Å². The Morgan fingerprint density at radius 2 is 1.77 bits per heavy atom. The molecule has 0 radical (unpaired) electrons. The number of nitrogens with zero attached hydrogens (tertiary/aromatic N) is 3. The number of carbonyl (C=O) groups excluding carboxylic acids is 2. The third-order valence-electron chi connectivity index (χ3n) is 4.65. The summed E-state index contributed by atoms with van der Waals surface area (Å²) >= 11 is 0. The molecule has 1 saturated heterocycles. The van der Waals surface area contributed by atoms with Gasteiger partial charge in [0, 0.05) is 27.2 Å². The molecule has 0 aromatic heterocycles. The molecule has 144 valence electrons. The quantitative estimate of drug-likeness (QED) is 0.660. The molecule has 1 aliphatic heterocycles. The molecule has 1 aliphatic rings. The average Bonchev–Trinajstić information content (AvgIpc) is 2.60. The summed E-state index contributed by atoms with van der Waals surface area (Å²) in [6, 6.07) is 9.27. The molecule has 0 aliphatic carbocycles. The highest BCUT2D eigenvalue weighted by Gasteiger charge is 2.36. The van der Waals surface area contributed by atoms with Crippen LogP contribution in [0.3, 0.4) is 0 Å². The molecule has 26 heavy (non-hydrogen) atoms. The largest absolute Gasteiger partial charge is 0.331 e. The molecule has 0 unspecified atom stereocenters. The van der Waals surface area contributed by atoms with Gasteiger partial charge < -0.3 is 9.80 Å². The van der Waals surface area contributed by atoms with Gasteiger partial charge in [-0.1, -0.05) is 30.3 Å². The fraction of sp³-hybridized carbons (Fsp3) is 0.556. The Morgan fingerprint density at radius 3 is 2.38 bits per heavy atom. The molecule has 8 heteroatoms.